The maximum Gasteiger partial charge on any atom is 0.335 e. The number of aromatic carboxylic acids is 1. The Morgan fingerprint density at radius 1 is 1.06 bits per heavy atom. The highest BCUT2D eigenvalue weighted by Crippen LogP contribution is 2.24. The number of rotatable bonds is 9. The molecule has 1 N–H and O–H groups in total. The second-order valence-electron chi connectivity index (χ2n) is 7.47. The van der Waals surface area contributed by atoms with Crippen molar-refractivity contribution in [2.45, 2.75) is 24.3 Å². The zero-order valence-corrected chi connectivity index (χ0v) is 19.5. The number of hydrogen-bond donors (Lipinski definition) is 1. The molecule has 0 unspecified atom stereocenters. The normalized spacial score (nSPS) is 10.8. The summed E-state index contributed by atoms with van der Waals surface area (Å²) in [5, 5.41) is 9.64. The smallest absolute Gasteiger partial charge is 0.335 e. The SMILES string of the molecule is CCOc1ncc(Cc2cn(-c3ccc(C(=O)O)cc3)c(SCc3ccc(F)cc3)nc2=O)cn1. The van der Waals surface area contributed by atoms with Crippen LogP contribution in [0.5, 0.6) is 6.01 Å². The van der Waals surface area contributed by atoms with Crippen LogP contribution < -0.4 is 10.3 Å². The highest BCUT2D eigenvalue weighted by molar-refractivity contribution is 7.98. The van der Waals surface area contributed by atoms with Crippen molar-refractivity contribution in [3.63, 3.8) is 0 Å². The van der Waals surface area contributed by atoms with Crippen LogP contribution in [0, 0.1) is 5.82 Å². The lowest BCUT2D eigenvalue weighted by Gasteiger charge is -2.14. The number of ether oxygens (including phenoxy) is 1. The van der Waals surface area contributed by atoms with Crippen molar-refractivity contribution in [1.82, 2.24) is 19.5 Å². The molecule has 10 heteroatoms. The molecule has 4 aromatic rings. The monoisotopic (exact) mass is 492 g/mol. The van der Waals surface area contributed by atoms with Crippen molar-refractivity contribution in [3.05, 3.63) is 106 Å². The predicted octanol–water partition coefficient (Wildman–Crippen LogP) is 4.14. The minimum Gasteiger partial charge on any atom is -0.478 e. The number of nitrogens with zero attached hydrogens (tertiary/aromatic N) is 4. The Morgan fingerprint density at radius 3 is 2.37 bits per heavy atom. The van der Waals surface area contributed by atoms with Gasteiger partial charge in [-0.05, 0) is 54.4 Å². The van der Waals surface area contributed by atoms with Crippen molar-refractivity contribution in [3.8, 4) is 11.7 Å². The van der Waals surface area contributed by atoms with Crippen LogP contribution in [0.15, 0.2) is 77.1 Å². The Bertz CT molecular complexity index is 1370. The molecule has 8 nitrogen and oxygen atoms in total. The van der Waals surface area contributed by atoms with Gasteiger partial charge in [-0.1, -0.05) is 23.9 Å². The van der Waals surface area contributed by atoms with E-state index in [9.17, 15) is 19.1 Å². The molecule has 2 aromatic heterocycles. The van der Waals surface area contributed by atoms with E-state index < -0.39 is 5.97 Å². The first-order valence-electron chi connectivity index (χ1n) is 10.7. The van der Waals surface area contributed by atoms with Crippen LogP contribution >= 0.6 is 11.8 Å². The van der Waals surface area contributed by atoms with Crippen LogP contribution in [0.25, 0.3) is 5.69 Å². The van der Waals surface area contributed by atoms with E-state index in [0.29, 0.717) is 34.3 Å². The van der Waals surface area contributed by atoms with E-state index in [1.165, 1.54) is 36.0 Å². The predicted molar refractivity (Wildman–Crippen MR) is 129 cm³/mol. The lowest BCUT2D eigenvalue weighted by atomic mass is 10.1. The molecule has 0 radical (unpaired) electrons. The van der Waals surface area contributed by atoms with Gasteiger partial charge in [0.05, 0.1) is 12.2 Å². The summed E-state index contributed by atoms with van der Waals surface area (Å²) in [6, 6.07) is 12.7. The first kappa shape index (κ1) is 24.1. The molecule has 0 fully saturated rings. The Balaban J connectivity index is 1.67. The van der Waals surface area contributed by atoms with Gasteiger partial charge >= 0.3 is 12.0 Å². The van der Waals surface area contributed by atoms with Gasteiger partial charge in [-0.15, -0.1) is 0 Å². The number of carboxylic acids is 1. The second-order valence-corrected chi connectivity index (χ2v) is 8.42. The van der Waals surface area contributed by atoms with E-state index in [1.807, 2.05) is 6.92 Å². The third-order valence-electron chi connectivity index (χ3n) is 4.99. The fourth-order valence-corrected chi connectivity index (χ4v) is 4.17. The summed E-state index contributed by atoms with van der Waals surface area (Å²) >= 11 is 1.32. The molecule has 35 heavy (non-hydrogen) atoms. The van der Waals surface area contributed by atoms with Gasteiger partial charge in [0.25, 0.3) is 5.56 Å². The molecular weight excluding hydrogens is 471 g/mol. The van der Waals surface area contributed by atoms with Gasteiger partial charge in [-0.25, -0.2) is 19.2 Å². The third kappa shape index (κ3) is 6.10. The number of thioether (sulfide) groups is 1. The van der Waals surface area contributed by atoms with E-state index in [4.69, 9.17) is 4.74 Å². The van der Waals surface area contributed by atoms with Gasteiger partial charge in [-0.2, -0.15) is 4.98 Å². The van der Waals surface area contributed by atoms with Gasteiger partial charge < -0.3 is 9.84 Å². The molecule has 0 spiro atoms. The third-order valence-corrected chi connectivity index (χ3v) is 6.01. The molecule has 0 aliphatic heterocycles. The quantitative estimate of drug-likeness (QED) is 0.274. The van der Waals surface area contributed by atoms with Crippen LogP contribution in [0.2, 0.25) is 0 Å². The largest absolute Gasteiger partial charge is 0.478 e. The standard InChI is InChI=1S/C25H21FN4O4S/c1-2-34-24-27-12-17(13-28-24)11-19-14-30(21-9-5-18(6-10-21)23(32)33)25(29-22(19)31)35-15-16-3-7-20(26)8-4-16/h3-10,12-14H,2,11,15H2,1H3,(H,32,33). The van der Waals surface area contributed by atoms with Crippen LogP contribution in [-0.4, -0.2) is 37.2 Å². The van der Waals surface area contributed by atoms with E-state index in [-0.39, 0.29) is 29.4 Å². The minimum absolute atomic E-state index is 0.148. The fraction of sp³-hybridized carbons (Fsp3) is 0.160. The number of aromatic nitrogens is 4. The van der Waals surface area contributed by atoms with Crippen molar-refractivity contribution in [2.24, 2.45) is 0 Å². The first-order valence-corrected chi connectivity index (χ1v) is 11.7. The Labute approximate surface area is 204 Å². The molecule has 0 saturated heterocycles. The maximum absolute atomic E-state index is 13.2. The lowest BCUT2D eigenvalue weighted by Crippen LogP contribution is -2.19. The molecule has 178 valence electrons. The number of halogens is 1. The summed E-state index contributed by atoms with van der Waals surface area (Å²) in [6.45, 7) is 2.29. The minimum atomic E-state index is -1.03. The average molecular weight is 493 g/mol. The molecular formula is C25H21FN4O4S. The van der Waals surface area contributed by atoms with E-state index in [1.54, 1.807) is 47.4 Å². The van der Waals surface area contributed by atoms with E-state index in [0.717, 1.165) is 5.56 Å². The highest BCUT2D eigenvalue weighted by atomic mass is 32.2. The zero-order valence-electron chi connectivity index (χ0n) is 18.7. The molecule has 0 saturated carbocycles. The lowest BCUT2D eigenvalue weighted by molar-refractivity contribution is 0.0697. The summed E-state index contributed by atoms with van der Waals surface area (Å²) in [7, 11) is 0. The van der Waals surface area contributed by atoms with Gasteiger partial charge in [0.15, 0.2) is 5.16 Å². The fourth-order valence-electron chi connectivity index (χ4n) is 3.24. The van der Waals surface area contributed by atoms with Crippen molar-refractivity contribution >= 4 is 17.7 Å². The van der Waals surface area contributed by atoms with Crippen molar-refractivity contribution in [2.75, 3.05) is 6.61 Å². The summed E-state index contributed by atoms with van der Waals surface area (Å²) in [5.41, 5.74) is 2.41. The van der Waals surface area contributed by atoms with E-state index >= 15 is 0 Å². The Morgan fingerprint density at radius 2 is 1.74 bits per heavy atom. The van der Waals surface area contributed by atoms with Crippen molar-refractivity contribution < 1.29 is 19.0 Å². The molecule has 2 aromatic carbocycles. The van der Waals surface area contributed by atoms with Gasteiger partial charge in [0, 0.05) is 42.0 Å². The Kier molecular flexibility index (Phi) is 7.51. The number of hydrogen-bond acceptors (Lipinski definition) is 7. The molecule has 0 aliphatic rings. The van der Waals surface area contributed by atoms with Gasteiger partial charge in [0.2, 0.25) is 0 Å². The second kappa shape index (κ2) is 10.9. The molecule has 2 heterocycles. The summed E-state index contributed by atoms with van der Waals surface area (Å²) in [6.07, 6.45) is 5.14. The zero-order chi connectivity index (χ0) is 24.8. The Hall–Kier alpha value is -4.05. The van der Waals surface area contributed by atoms with E-state index in [2.05, 4.69) is 15.0 Å². The highest BCUT2D eigenvalue weighted by Gasteiger charge is 2.13. The van der Waals surface area contributed by atoms with Crippen molar-refractivity contribution in [1.29, 1.82) is 0 Å². The number of benzene rings is 2. The van der Waals surface area contributed by atoms with Crippen LogP contribution in [0.3, 0.4) is 0 Å². The number of carbonyl (C=O) groups is 1. The molecule has 4 rings (SSSR count). The molecule has 0 amide bonds. The van der Waals surface area contributed by atoms with Crippen LogP contribution in [0.1, 0.15) is 34.0 Å². The number of carboxylic acid groups (broad SMARTS) is 1. The van der Waals surface area contributed by atoms with Gasteiger partial charge in [0.1, 0.15) is 5.82 Å². The first-order chi connectivity index (χ1) is 16.9. The molecule has 0 aliphatic carbocycles. The summed E-state index contributed by atoms with van der Waals surface area (Å²) < 4.78 is 20.2. The van der Waals surface area contributed by atoms with Crippen LogP contribution in [0.4, 0.5) is 4.39 Å². The summed E-state index contributed by atoms with van der Waals surface area (Å²) in [5.74, 6) is -0.891. The summed E-state index contributed by atoms with van der Waals surface area (Å²) in [4.78, 5) is 36.7. The maximum atomic E-state index is 13.2. The van der Waals surface area contributed by atoms with Gasteiger partial charge in [-0.3, -0.25) is 9.36 Å². The van der Waals surface area contributed by atoms with Crippen LogP contribution in [-0.2, 0) is 12.2 Å². The topological polar surface area (TPSA) is 107 Å². The molecule has 0 bridgehead atoms. The average Bonchev–Trinajstić information content (AvgIpc) is 2.86. The molecule has 0 atom stereocenters.